The number of hydrogen-bond donors (Lipinski definition) is 0. The van der Waals surface area contributed by atoms with Crippen LogP contribution in [-0.2, 0) is 18.6 Å². The molecular formula is C7H14V. The first-order valence-corrected chi connectivity index (χ1v) is 2.73. The van der Waals surface area contributed by atoms with Gasteiger partial charge >= 0.3 is 18.6 Å². The maximum atomic E-state index is 2.40. The summed E-state index contributed by atoms with van der Waals surface area (Å²) < 4.78 is 0. The van der Waals surface area contributed by atoms with Crippen molar-refractivity contribution in [2.45, 2.75) is 26.2 Å². The molecular weight excluding hydrogens is 135 g/mol. The van der Waals surface area contributed by atoms with Crippen molar-refractivity contribution >= 4 is 0 Å². The summed E-state index contributed by atoms with van der Waals surface area (Å²) in [7, 11) is 0. The van der Waals surface area contributed by atoms with Gasteiger partial charge in [0.2, 0.25) is 0 Å². The van der Waals surface area contributed by atoms with Crippen LogP contribution in [0.5, 0.6) is 0 Å². The fourth-order valence-electron chi connectivity index (χ4n) is 0.960. The minimum Gasteiger partial charge on any atom is -0.358 e. The first-order chi connectivity index (χ1) is 2.89. The van der Waals surface area contributed by atoms with Crippen molar-refractivity contribution in [3.05, 3.63) is 13.8 Å². The second kappa shape index (κ2) is 5.72. The number of hydrogen-bond acceptors (Lipinski definition) is 0. The van der Waals surface area contributed by atoms with Crippen molar-refractivity contribution in [2.75, 3.05) is 0 Å². The molecule has 0 saturated heterocycles. The standard InChI is InChI=1S/C6H11.CH3.V/c1-6-4-2-3-5-6;;/h4,6H,2-3,5H2,1H3;1H3;/q2*-1;+2. The molecule has 0 N–H and O–H groups in total. The molecule has 1 aliphatic carbocycles. The van der Waals surface area contributed by atoms with Gasteiger partial charge in [0.15, 0.2) is 0 Å². The van der Waals surface area contributed by atoms with Crippen LogP contribution in [-0.4, -0.2) is 0 Å². The molecule has 8 heavy (non-hydrogen) atoms. The van der Waals surface area contributed by atoms with Gasteiger partial charge in [-0.1, -0.05) is 19.8 Å². The Kier molecular flexibility index (Phi) is 8.14. The zero-order valence-electron chi connectivity index (χ0n) is 5.72. The molecule has 0 spiro atoms. The zero-order valence-corrected chi connectivity index (χ0v) is 7.12. The van der Waals surface area contributed by atoms with Crippen LogP contribution >= 0.6 is 0 Å². The zero-order chi connectivity index (χ0) is 4.41. The molecule has 1 aliphatic rings. The predicted molar refractivity (Wildman–Crippen MR) is 33.7 cm³/mol. The van der Waals surface area contributed by atoms with Gasteiger partial charge in [-0.05, 0) is 0 Å². The van der Waals surface area contributed by atoms with E-state index in [-0.39, 0.29) is 26.0 Å². The largest absolute Gasteiger partial charge is 2.00 e. The maximum Gasteiger partial charge on any atom is 2.00 e. The van der Waals surface area contributed by atoms with Gasteiger partial charge in [0.25, 0.3) is 0 Å². The third-order valence-corrected chi connectivity index (χ3v) is 1.43. The number of rotatable bonds is 0. The average molecular weight is 149 g/mol. The Hall–Kier alpha value is 0.584. The summed E-state index contributed by atoms with van der Waals surface area (Å²) >= 11 is 0. The molecule has 0 aliphatic heterocycles. The molecule has 47 valence electrons. The van der Waals surface area contributed by atoms with Gasteiger partial charge in [-0.2, -0.15) is 12.3 Å². The van der Waals surface area contributed by atoms with Gasteiger partial charge < -0.3 is 13.8 Å². The Balaban J connectivity index is 0. The van der Waals surface area contributed by atoms with Crippen molar-refractivity contribution in [3.8, 4) is 0 Å². The van der Waals surface area contributed by atoms with E-state index < -0.39 is 0 Å². The van der Waals surface area contributed by atoms with E-state index >= 15 is 0 Å². The smallest absolute Gasteiger partial charge is 0.358 e. The molecule has 0 aromatic heterocycles. The van der Waals surface area contributed by atoms with Crippen LogP contribution in [0.1, 0.15) is 26.2 Å². The molecule has 0 nitrogen and oxygen atoms in total. The van der Waals surface area contributed by atoms with Crippen LogP contribution < -0.4 is 0 Å². The van der Waals surface area contributed by atoms with Gasteiger partial charge in [-0.3, -0.25) is 0 Å². The van der Waals surface area contributed by atoms with E-state index in [0.717, 1.165) is 5.92 Å². The quantitative estimate of drug-likeness (QED) is 0.464. The predicted octanol–water partition coefficient (Wildman–Crippen LogP) is 2.46. The molecule has 0 aromatic rings. The van der Waals surface area contributed by atoms with Crippen LogP contribution in [0.15, 0.2) is 0 Å². The summed E-state index contributed by atoms with van der Waals surface area (Å²) in [6.07, 6.45) is 6.63. The molecule has 1 rings (SSSR count). The Morgan fingerprint density at radius 1 is 1.50 bits per heavy atom. The minimum absolute atomic E-state index is 0. The van der Waals surface area contributed by atoms with E-state index in [4.69, 9.17) is 0 Å². The van der Waals surface area contributed by atoms with Crippen molar-refractivity contribution in [1.82, 2.24) is 0 Å². The fraction of sp³-hybridized carbons (Fsp3) is 0.714. The second-order valence-corrected chi connectivity index (χ2v) is 2.14. The van der Waals surface area contributed by atoms with Crippen LogP contribution in [0, 0.1) is 19.8 Å². The Morgan fingerprint density at radius 2 is 2.12 bits per heavy atom. The summed E-state index contributed by atoms with van der Waals surface area (Å²) in [5, 5.41) is 0. The summed E-state index contributed by atoms with van der Waals surface area (Å²) in [4.78, 5) is 0. The molecule has 1 radical (unpaired) electrons. The van der Waals surface area contributed by atoms with E-state index in [2.05, 4.69) is 13.3 Å². The minimum atomic E-state index is 0. The van der Waals surface area contributed by atoms with Crippen molar-refractivity contribution < 1.29 is 18.6 Å². The van der Waals surface area contributed by atoms with Crippen LogP contribution in [0.3, 0.4) is 0 Å². The van der Waals surface area contributed by atoms with Gasteiger partial charge in [-0.15, -0.1) is 0 Å². The van der Waals surface area contributed by atoms with E-state index in [1.807, 2.05) is 0 Å². The summed E-state index contributed by atoms with van der Waals surface area (Å²) in [6.45, 7) is 2.28. The van der Waals surface area contributed by atoms with Crippen LogP contribution in [0.2, 0.25) is 0 Å². The average Bonchev–Trinajstić information content (AvgIpc) is 1.86. The Bertz CT molecular complexity index is 37.7. The van der Waals surface area contributed by atoms with Crippen LogP contribution in [0.4, 0.5) is 0 Å². The Labute approximate surface area is 64.9 Å². The molecule has 1 fully saturated rings. The van der Waals surface area contributed by atoms with Gasteiger partial charge in [0, 0.05) is 0 Å². The topological polar surface area (TPSA) is 0 Å². The van der Waals surface area contributed by atoms with E-state index in [0.29, 0.717) is 0 Å². The van der Waals surface area contributed by atoms with Crippen LogP contribution in [0.25, 0.3) is 0 Å². The summed E-state index contributed by atoms with van der Waals surface area (Å²) in [5.41, 5.74) is 0. The normalized spacial score (nSPS) is 25.9. The molecule has 1 atom stereocenters. The van der Waals surface area contributed by atoms with Crippen molar-refractivity contribution in [1.29, 1.82) is 0 Å². The SMILES string of the molecule is CC1[CH-]CCC1.[CH3-].[V+2]. The van der Waals surface area contributed by atoms with Crippen molar-refractivity contribution in [3.63, 3.8) is 0 Å². The first-order valence-electron chi connectivity index (χ1n) is 2.73. The molecule has 1 heteroatoms. The van der Waals surface area contributed by atoms with E-state index in [9.17, 15) is 0 Å². The molecule has 0 amide bonds. The molecule has 0 aromatic carbocycles. The fourth-order valence-corrected chi connectivity index (χ4v) is 0.960. The first kappa shape index (κ1) is 11.4. The molecule has 0 bridgehead atoms. The third-order valence-electron chi connectivity index (χ3n) is 1.43. The molecule has 1 saturated carbocycles. The van der Waals surface area contributed by atoms with E-state index in [1.165, 1.54) is 19.3 Å². The summed E-state index contributed by atoms with van der Waals surface area (Å²) in [6, 6.07) is 0. The van der Waals surface area contributed by atoms with Crippen molar-refractivity contribution in [2.24, 2.45) is 5.92 Å². The maximum absolute atomic E-state index is 2.40. The molecule has 1 unspecified atom stereocenters. The summed E-state index contributed by atoms with van der Waals surface area (Å²) in [5.74, 6) is 0.921. The molecule has 0 heterocycles. The van der Waals surface area contributed by atoms with Gasteiger partial charge in [0.1, 0.15) is 0 Å². The van der Waals surface area contributed by atoms with E-state index in [1.54, 1.807) is 0 Å². The van der Waals surface area contributed by atoms with Gasteiger partial charge in [-0.25, -0.2) is 0 Å². The second-order valence-electron chi connectivity index (χ2n) is 2.14. The monoisotopic (exact) mass is 149 g/mol. The third kappa shape index (κ3) is 3.57. The van der Waals surface area contributed by atoms with Gasteiger partial charge in [0.05, 0.1) is 0 Å². The Morgan fingerprint density at radius 3 is 2.25 bits per heavy atom.